The standard InChI is InChI=1S/C19H20N2O3S2/c1-3-21-16-10-9-14(2)11-17(16)25-19(21)20-18(22)13-26(23,24)12-15-7-5-4-6-8-15/h4-11H,3,12-13H2,1-2H3. The summed E-state index contributed by atoms with van der Waals surface area (Å²) in [5.74, 6) is -1.38. The van der Waals surface area contributed by atoms with Gasteiger partial charge in [0.05, 0.1) is 16.0 Å². The molecular formula is C19H20N2O3S2. The Morgan fingerprint density at radius 3 is 2.58 bits per heavy atom. The molecule has 0 atom stereocenters. The Morgan fingerprint density at radius 2 is 1.88 bits per heavy atom. The lowest BCUT2D eigenvalue weighted by Crippen LogP contribution is -2.21. The Labute approximate surface area is 156 Å². The van der Waals surface area contributed by atoms with E-state index in [0.717, 1.165) is 15.8 Å². The van der Waals surface area contributed by atoms with Crippen LogP contribution in [0.2, 0.25) is 0 Å². The highest BCUT2D eigenvalue weighted by molar-refractivity contribution is 7.91. The first-order valence-electron chi connectivity index (χ1n) is 8.30. The van der Waals surface area contributed by atoms with Crippen molar-refractivity contribution in [3.8, 4) is 0 Å². The predicted molar refractivity (Wildman–Crippen MR) is 105 cm³/mol. The average molecular weight is 389 g/mol. The minimum atomic E-state index is -3.56. The zero-order valence-electron chi connectivity index (χ0n) is 14.7. The third-order valence-electron chi connectivity index (χ3n) is 3.95. The first kappa shape index (κ1) is 18.5. The van der Waals surface area contributed by atoms with Crippen molar-refractivity contribution in [3.63, 3.8) is 0 Å². The van der Waals surface area contributed by atoms with Crippen LogP contribution in [0.1, 0.15) is 18.1 Å². The number of rotatable bonds is 5. The maximum atomic E-state index is 12.3. The average Bonchev–Trinajstić information content (AvgIpc) is 2.90. The number of aromatic nitrogens is 1. The van der Waals surface area contributed by atoms with Crippen LogP contribution in [0.5, 0.6) is 0 Å². The van der Waals surface area contributed by atoms with Crippen LogP contribution < -0.4 is 4.80 Å². The Morgan fingerprint density at radius 1 is 1.15 bits per heavy atom. The van der Waals surface area contributed by atoms with E-state index in [0.29, 0.717) is 16.9 Å². The summed E-state index contributed by atoms with van der Waals surface area (Å²) in [7, 11) is -3.56. The van der Waals surface area contributed by atoms with Gasteiger partial charge in [-0.3, -0.25) is 4.79 Å². The van der Waals surface area contributed by atoms with Gasteiger partial charge in [-0.05, 0) is 37.1 Å². The number of amides is 1. The Hall–Kier alpha value is -2.25. The van der Waals surface area contributed by atoms with Crippen molar-refractivity contribution >= 4 is 37.3 Å². The fourth-order valence-electron chi connectivity index (χ4n) is 2.78. The molecule has 0 aliphatic carbocycles. The van der Waals surface area contributed by atoms with Crippen LogP contribution >= 0.6 is 11.3 Å². The maximum absolute atomic E-state index is 12.3. The quantitative estimate of drug-likeness (QED) is 0.674. The molecule has 0 aliphatic rings. The van der Waals surface area contributed by atoms with Crippen LogP contribution in [0, 0.1) is 6.92 Å². The summed E-state index contributed by atoms with van der Waals surface area (Å²) in [5, 5.41) is 0. The molecule has 0 spiro atoms. The predicted octanol–water partition coefficient (Wildman–Crippen LogP) is 3.07. The highest BCUT2D eigenvalue weighted by atomic mass is 32.2. The van der Waals surface area contributed by atoms with Crippen molar-refractivity contribution < 1.29 is 13.2 Å². The number of nitrogens with zero attached hydrogens (tertiary/aromatic N) is 2. The molecule has 0 fully saturated rings. The lowest BCUT2D eigenvalue weighted by atomic mass is 10.2. The van der Waals surface area contributed by atoms with E-state index in [-0.39, 0.29) is 5.75 Å². The molecule has 0 aliphatic heterocycles. The molecule has 1 amide bonds. The third-order valence-corrected chi connectivity index (χ3v) is 6.45. The molecule has 5 nitrogen and oxygen atoms in total. The van der Waals surface area contributed by atoms with Crippen molar-refractivity contribution in [2.75, 3.05) is 5.75 Å². The van der Waals surface area contributed by atoms with Gasteiger partial charge in [0.1, 0.15) is 5.75 Å². The normalized spacial score (nSPS) is 12.6. The fourth-order valence-corrected chi connectivity index (χ4v) is 5.23. The number of carbonyl (C=O) groups excluding carboxylic acids is 1. The van der Waals surface area contributed by atoms with Crippen molar-refractivity contribution in [3.05, 3.63) is 64.5 Å². The van der Waals surface area contributed by atoms with Crippen molar-refractivity contribution in [1.82, 2.24) is 4.57 Å². The van der Waals surface area contributed by atoms with Crippen LogP contribution in [0.4, 0.5) is 0 Å². The van der Waals surface area contributed by atoms with Gasteiger partial charge >= 0.3 is 0 Å². The van der Waals surface area contributed by atoms with Crippen LogP contribution in [0.15, 0.2) is 53.5 Å². The zero-order valence-corrected chi connectivity index (χ0v) is 16.3. The van der Waals surface area contributed by atoms with Gasteiger partial charge in [-0.25, -0.2) is 8.42 Å². The molecule has 0 saturated heterocycles. The lowest BCUT2D eigenvalue weighted by molar-refractivity contribution is -0.115. The highest BCUT2D eigenvalue weighted by Gasteiger charge is 2.17. The van der Waals surface area contributed by atoms with Gasteiger partial charge in [0, 0.05) is 6.54 Å². The molecule has 3 aromatic rings. The number of hydrogen-bond donors (Lipinski definition) is 0. The molecule has 2 aromatic carbocycles. The largest absolute Gasteiger partial charge is 0.317 e. The Balaban J connectivity index is 1.88. The SMILES string of the molecule is CCn1c(=NC(=O)CS(=O)(=O)Cc2ccccc2)sc2cc(C)ccc21. The number of fused-ring (bicyclic) bond motifs is 1. The molecule has 26 heavy (non-hydrogen) atoms. The van der Waals surface area contributed by atoms with Gasteiger partial charge in [0.15, 0.2) is 14.6 Å². The van der Waals surface area contributed by atoms with Gasteiger partial charge in [-0.1, -0.05) is 47.7 Å². The second-order valence-electron chi connectivity index (χ2n) is 6.12. The fraction of sp³-hybridized carbons (Fsp3) is 0.263. The Bertz CT molecular complexity index is 1110. The van der Waals surface area contributed by atoms with E-state index < -0.39 is 21.5 Å². The second kappa shape index (κ2) is 7.55. The number of aryl methyl sites for hydroxylation is 2. The minimum Gasteiger partial charge on any atom is -0.317 e. The van der Waals surface area contributed by atoms with Crippen LogP contribution in [0.3, 0.4) is 0 Å². The van der Waals surface area contributed by atoms with E-state index in [1.807, 2.05) is 42.7 Å². The first-order valence-corrected chi connectivity index (χ1v) is 10.9. The molecule has 136 valence electrons. The molecule has 0 saturated carbocycles. The topological polar surface area (TPSA) is 68.5 Å². The summed E-state index contributed by atoms with van der Waals surface area (Å²) in [6, 6.07) is 14.9. The number of thiazole rings is 1. The van der Waals surface area contributed by atoms with Crippen molar-refractivity contribution in [1.29, 1.82) is 0 Å². The maximum Gasteiger partial charge on any atom is 0.263 e. The molecule has 1 aromatic heterocycles. The van der Waals surface area contributed by atoms with E-state index in [2.05, 4.69) is 4.99 Å². The number of benzene rings is 2. The van der Waals surface area contributed by atoms with Crippen LogP contribution in [-0.4, -0.2) is 24.6 Å². The monoisotopic (exact) mass is 388 g/mol. The molecule has 0 bridgehead atoms. The minimum absolute atomic E-state index is 0.158. The van der Waals surface area contributed by atoms with Crippen molar-refractivity contribution in [2.24, 2.45) is 4.99 Å². The van der Waals surface area contributed by atoms with Crippen molar-refractivity contribution in [2.45, 2.75) is 26.1 Å². The van der Waals surface area contributed by atoms with E-state index >= 15 is 0 Å². The summed E-state index contributed by atoms with van der Waals surface area (Å²) >= 11 is 1.40. The van der Waals surface area contributed by atoms with Gasteiger partial charge in [0.2, 0.25) is 0 Å². The zero-order chi connectivity index (χ0) is 18.7. The molecule has 1 heterocycles. The Kier molecular flexibility index (Phi) is 5.38. The molecule has 3 rings (SSSR count). The summed E-state index contributed by atoms with van der Waals surface area (Å²) in [6.07, 6.45) is 0. The lowest BCUT2D eigenvalue weighted by Gasteiger charge is -2.02. The molecule has 0 unspecified atom stereocenters. The summed E-state index contributed by atoms with van der Waals surface area (Å²) in [6.45, 7) is 4.64. The molecule has 0 N–H and O–H groups in total. The van der Waals surface area contributed by atoms with Gasteiger partial charge in [0.25, 0.3) is 5.91 Å². The number of sulfone groups is 1. The summed E-state index contributed by atoms with van der Waals surface area (Å²) in [4.78, 5) is 16.9. The van der Waals surface area contributed by atoms with Gasteiger partial charge in [-0.2, -0.15) is 4.99 Å². The number of hydrogen-bond acceptors (Lipinski definition) is 4. The van der Waals surface area contributed by atoms with E-state index in [9.17, 15) is 13.2 Å². The molecule has 7 heteroatoms. The smallest absolute Gasteiger partial charge is 0.263 e. The summed E-state index contributed by atoms with van der Waals surface area (Å²) in [5.41, 5.74) is 2.80. The molecule has 0 radical (unpaired) electrons. The highest BCUT2D eigenvalue weighted by Crippen LogP contribution is 2.18. The van der Waals surface area contributed by atoms with E-state index in [1.54, 1.807) is 24.3 Å². The second-order valence-corrected chi connectivity index (χ2v) is 9.20. The first-order chi connectivity index (χ1) is 12.4. The van der Waals surface area contributed by atoms with Gasteiger partial charge < -0.3 is 4.57 Å². The number of carbonyl (C=O) groups is 1. The van der Waals surface area contributed by atoms with Gasteiger partial charge in [-0.15, -0.1) is 0 Å². The third kappa shape index (κ3) is 4.28. The van der Waals surface area contributed by atoms with E-state index in [4.69, 9.17) is 0 Å². The van der Waals surface area contributed by atoms with E-state index in [1.165, 1.54) is 11.3 Å². The summed E-state index contributed by atoms with van der Waals surface area (Å²) < 4.78 is 27.5. The van der Waals surface area contributed by atoms with Crippen LogP contribution in [-0.2, 0) is 26.9 Å². The van der Waals surface area contributed by atoms with Crippen LogP contribution in [0.25, 0.3) is 10.2 Å². The molecular weight excluding hydrogens is 368 g/mol.